The summed E-state index contributed by atoms with van der Waals surface area (Å²) >= 11 is 0. The topological polar surface area (TPSA) is 138 Å². The number of aliphatic hydroxyl groups is 6. The van der Waals surface area contributed by atoms with Gasteiger partial charge in [0.25, 0.3) is 0 Å². The molecule has 6 N–H and O–H groups in total. The van der Waals surface area contributed by atoms with E-state index in [4.69, 9.17) is 0 Å². The van der Waals surface area contributed by atoms with Gasteiger partial charge in [0.15, 0.2) is 11.4 Å². The molecule has 1 saturated carbocycles. The summed E-state index contributed by atoms with van der Waals surface area (Å²) in [5.74, 6) is -0.856. The fourth-order valence-electron chi connectivity index (χ4n) is 2.34. The second kappa shape index (κ2) is 6.25. The van der Waals surface area contributed by atoms with Crippen LogP contribution in [0.2, 0.25) is 0 Å². The molecule has 7 nitrogen and oxygen atoms in total. The van der Waals surface area contributed by atoms with Crippen LogP contribution >= 0.6 is 0 Å². The summed E-state index contributed by atoms with van der Waals surface area (Å²) in [5, 5.41) is 58.0. The van der Waals surface area contributed by atoms with Crippen LogP contribution in [-0.2, 0) is 4.79 Å². The molecule has 19 heavy (non-hydrogen) atoms. The van der Waals surface area contributed by atoms with Crippen LogP contribution in [0.5, 0.6) is 0 Å². The molecule has 0 aromatic heterocycles. The number of carbonyl (C=O) groups excluding carboxylic acids is 1. The summed E-state index contributed by atoms with van der Waals surface area (Å²) in [6.07, 6.45) is -7.77. The second-order valence-corrected chi connectivity index (χ2v) is 5.07. The van der Waals surface area contributed by atoms with Gasteiger partial charge in [-0.1, -0.05) is 19.8 Å². The standard InChI is InChI=1S/C12H22O7/c1-2-3-4-5-6(13)12(19)10(17)8(15)7(14)9(16)11(12)18/h7-11,14-19H,2-5H2,1H3/t7?,8-,9+,10-,11-,12?/m1/s1. The fraction of sp³-hybridized carbons (Fsp3) is 0.917. The van der Waals surface area contributed by atoms with Crippen LogP contribution < -0.4 is 0 Å². The van der Waals surface area contributed by atoms with Gasteiger partial charge in [0.05, 0.1) is 0 Å². The number of carbonyl (C=O) groups is 1. The maximum atomic E-state index is 11.9. The van der Waals surface area contributed by atoms with E-state index in [-0.39, 0.29) is 6.42 Å². The molecule has 6 atom stereocenters. The lowest BCUT2D eigenvalue weighted by molar-refractivity contribution is -0.259. The molecule has 0 aliphatic heterocycles. The summed E-state index contributed by atoms with van der Waals surface area (Å²) in [7, 11) is 0. The minimum absolute atomic E-state index is 0.0893. The number of hydrogen-bond acceptors (Lipinski definition) is 7. The molecule has 0 heterocycles. The number of ketones is 1. The Morgan fingerprint density at radius 3 is 1.84 bits per heavy atom. The molecule has 0 amide bonds. The average molecular weight is 278 g/mol. The van der Waals surface area contributed by atoms with Crippen molar-refractivity contribution < 1.29 is 35.4 Å². The van der Waals surface area contributed by atoms with E-state index >= 15 is 0 Å². The Bertz CT molecular complexity index is 303. The Hall–Kier alpha value is -0.570. The van der Waals surface area contributed by atoms with Gasteiger partial charge in [-0.2, -0.15) is 0 Å². The van der Waals surface area contributed by atoms with Crippen LogP contribution in [0.4, 0.5) is 0 Å². The van der Waals surface area contributed by atoms with Gasteiger partial charge < -0.3 is 30.6 Å². The third kappa shape index (κ3) is 2.81. The molecule has 0 radical (unpaired) electrons. The second-order valence-electron chi connectivity index (χ2n) is 5.07. The minimum Gasteiger partial charge on any atom is -0.387 e. The van der Waals surface area contributed by atoms with Gasteiger partial charge in [-0.05, 0) is 6.42 Å². The number of unbranched alkanes of at least 4 members (excludes halogenated alkanes) is 2. The van der Waals surface area contributed by atoms with Gasteiger partial charge in [-0.15, -0.1) is 0 Å². The van der Waals surface area contributed by atoms with Crippen molar-refractivity contribution in [2.45, 2.75) is 68.7 Å². The molecule has 112 valence electrons. The smallest absolute Gasteiger partial charge is 0.179 e. The van der Waals surface area contributed by atoms with Crippen LogP contribution in [-0.4, -0.2) is 72.5 Å². The minimum atomic E-state index is -2.66. The van der Waals surface area contributed by atoms with Crippen molar-refractivity contribution in [3.8, 4) is 0 Å². The van der Waals surface area contributed by atoms with Crippen molar-refractivity contribution in [1.29, 1.82) is 0 Å². The summed E-state index contributed by atoms with van der Waals surface area (Å²) in [6.45, 7) is 1.92. The Kier molecular flexibility index (Phi) is 5.43. The summed E-state index contributed by atoms with van der Waals surface area (Å²) in [6, 6.07) is 0. The number of aliphatic hydroxyl groups excluding tert-OH is 5. The van der Waals surface area contributed by atoms with Crippen LogP contribution in [0.15, 0.2) is 0 Å². The Morgan fingerprint density at radius 2 is 1.42 bits per heavy atom. The highest BCUT2D eigenvalue weighted by atomic mass is 16.4. The number of Topliss-reactive ketones (excluding diaryl/α,β-unsaturated/α-hetero) is 1. The Labute approximate surface area is 111 Å². The molecule has 7 heteroatoms. The van der Waals surface area contributed by atoms with Crippen molar-refractivity contribution in [2.24, 2.45) is 0 Å². The first-order valence-corrected chi connectivity index (χ1v) is 6.44. The lowest BCUT2D eigenvalue weighted by Gasteiger charge is -2.46. The highest BCUT2D eigenvalue weighted by Crippen LogP contribution is 2.32. The zero-order valence-electron chi connectivity index (χ0n) is 10.8. The van der Waals surface area contributed by atoms with Crippen molar-refractivity contribution in [1.82, 2.24) is 0 Å². The molecule has 0 bridgehead atoms. The van der Waals surface area contributed by atoms with Gasteiger partial charge >= 0.3 is 0 Å². The molecule has 0 saturated heterocycles. The number of hydrogen-bond donors (Lipinski definition) is 6. The summed E-state index contributed by atoms with van der Waals surface area (Å²) in [4.78, 5) is 11.9. The highest BCUT2D eigenvalue weighted by Gasteiger charge is 2.60. The van der Waals surface area contributed by atoms with Crippen LogP contribution in [0.3, 0.4) is 0 Å². The fourth-order valence-corrected chi connectivity index (χ4v) is 2.34. The molecular formula is C12H22O7. The average Bonchev–Trinajstić information content (AvgIpc) is 2.41. The maximum Gasteiger partial charge on any atom is 0.179 e. The first-order chi connectivity index (χ1) is 8.78. The summed E-state index contributed by atoms with van der Waals surface area (Å²) in [5.41, 5.74) is -2.66. The molecule has 2 unspecified atom stereocenters. The predicted molar refractivity (Wildman–Crippen MR) is 64.1 cm³/mol. The van der Waals surface area contributed by atoms with E-state index in [9.17, 15) is 35.4 Å². The molecule has 0 aromatic rings. The van der Waals surface area contributed by atoms with Gasteiger partial charge in [0.1, 0.15) is 30.5 Å². The quantitative estimate of drug-likeness (QED) is 0.310. The molecule has 1 aliphatic rings. The first-order valence-electron chi connectivity index (χ1n) is 6.44. The van der Waals surface area contributed by atoms with E-state index in [1.807, 2.05) is 6.92 Å². The van der Waals surface area contributed by atoms with E-state index in [0.717, 1.165) is 12.8 Å². The lowest BCUT2D eigenvalue weighted by atomic mass is 9.71. The number of rotatable bonds is 5. The molecule has 1 fully saturated rings. The van der Waals surface area contributed by atoms with Crippen LogP contribution in [0.1, 0.15) is 32.6 Å². The van der Waals surface area contributed by atoms with Crippen LogP contribution in [0, 0.1) is 0 Å². The Balaban J connectivity index is 2.89. The molecule has 0 spiro atoms. The summed E-state index contributed by atoms with van der Waals surface area (Å²) < 4.78 is 0. The molecule has 1 rings (SSSR count). The largest absolute Gasteiger partial charge is 0.387 e. The van der Waals surface area contributed by atoms with Crippen molar-refractivity contribution in [3.63, 3.8) is 0 Å². The molecule has 0 aromatic carbocycles. The normalized spacial score (nSPS) is 43.2. The third-order valence-corrected chi connectivity index (χ3v) is 3.70. The Morgan fingerprint density at radius 1 is 0.947 bits per heavy atom. The van der Waals surface area contributed by atoms with E-state index in [1.54, 1.807) is 0 Å². The maximum absolute atomic E-state index is 11.9. The van der Waals surface area contributed by atoms with Crippen molar-refractivity contribution in [2.75, 3.05) is 0 Å². The lowest BCUT2D eigenvalue weighted by Crippen LogP contribution is -2.73. The van der Waals surface area contributed by atoms with Crippen LogP contribution in [0.25, 0.3) is 0 Å². The molecular weight excluding hydrogens is 256 g/mol. The zero-order valence-corrected chi connectivity index (χ0v) is 10.8. The van der Waals surface area contributed by atoms with E-state index < -0.39 is 41.9 Å². The third-order valence-electron chi connectivity index (χ3n) is 3.70. The predicted octanol–water partition coefficient (Wildman–Crippen LogP) is -2.31. The highest BCUT2D eigenvalue weighted by molar-refractivity contribution is 5.89. The van der Waals surface area contributed by atoms with E-state index in [0.29, 0.717) is 6.42 Å². The zero-order chi connectivity index (χ0) is 14.8. The van der Waals surface area contributed by atoms with Gasteiger partial charge in [-0.3, -0.25) is 4.79 Å². The monoisotopic (exact) mass is 278 g/mol. The van der Waals surface area contributed by atoms with E-state index in [2.05, 4.69) is 0 Å². The first kappa shape index (κ1) is 16.5. The molecule has 1 aliphatic carbocycles. The SMILES string of the molecule is CCCCCC(=O)C1(O)[C@H](O)[C@H](O)C(O)[C@H](O)[C@H]1O. The van der Waals surface area contributed by atoms with Gasteiger partial charge in [-0.25, -0.2) is 0 Å². The van der Waals surface area contributed by atoms with Crippen molar-refractivity contribution in [3.05, 3.63) is 0 Å². The van der Waals surface area contributed by atoms with Gasteiger partial charge in [0, 0.05) is 6.42 Å². The van der Waals surface area contributed by atoms with E-state index in [1.165, 1.54) is 0 Å². The van der Waals surface area contributed by atoms with Gasteiger partial charge in [0.2, 0.25) is 0 Å². The van der Waals surface area contributed by atoms with Crippen molar-refractivity contribution >= 4 is 5.78 Å².